The molecule has 3 N–H and O–H groups in total. The Morgan fingerprint density at radius 2 is 2.11 bits per heavy atom. The summed E-state index contributed by atoms with van der Waals surface area (Å²) >= 11 is 0. The van der Waals surface area contributed by atoms with Crippen LogP contribution in [0.4, 0.5) is 0 Å². The third kappa shape index (κ3) is 2.98. The van der Waals surface area contributed by atoms with E-state index in [0.717, 1.165) is 25.7 Å². The van der Waals surface area contributed by atoms with Crippen molar-refractivity contribution in [3.05, 3.63) is 35.4 Å². The van der Waals surface area contributed by atoms with E-state index in [1.54, 1.807) is 0 Å². The first-order chi connectivity index (χ1) is 9.07. The van der Waals surface area contributed by atoms with Gasteiger partial charge < -0.3 is 11.1 Å². The summed E-state index contributed by atoms with van der Waals surface area (Å²) < 4.78 is 0. The van der Waals surface area contributed by atoms with Gasteiger partial charge in [0.1, 0.15) is 0 Å². The van der Waals surface area contributed by atoms with Gasteiger partial charge in [0.15, 0.2) is 0 Å². The number of nitrogens with one attached hydrogen (secondary N) is 1. The number of nitrogens with two attached hydrogens (primary N) is 1. The van der Waals surface area contributed by atoms with E-state index in [-0.39, 0.29) is 17.4 Å². The Bertz CT molecular complexity index is 446. The van der Waals surface area contributed by atoms with Crippen molar-refractivity contribution < 1.29 is 4.79 Å². The predicted molar refractivity (Wildman–Crippen MR) is 77.8 cm³/mol. The highest BCUT2D eigenvalue weighted by Crippen LogP contribution is 2.40. The molecular formula is C16H24N2O. The first kappa shape index (κ1) is 14.1. The van der Waals surface area contributed by atoms with Gasteiger partial charge >= 0.3 is 0 Å². The molecule has 1 saturated carbocycles. The van der Waals surface area contributed by atoms with Crippen LogP contribution in [0.25, 0.3) is 0 Å². The van der Waals surface area contributed by atoms with Crippen molar-refractivity contribution in [1.82, 2.24) is 5.32 Å². The standard InChI is InChI=1S/C16H24N2O/c1-12-6-3-4-7-14(12)10-13(2)18-15(19)16(11-17)8-5-9-16/h3-4,6-7,13H,5,8-11,17H2,1-2H3,(H,18,19). The molecule has 0 bridgehead atoms. The maximum Gasteiger partial charge on any atom is 0.227 e. The van der Waals surface area contributed by atoms with Crippen LogP contribution in [0.5, 0.6) is 0 Å². The average molecular weight is 260 g/mol. The lowest BCUT2D eigenvalue weighted by molar-refractivity contribution is -0.135. The third-order valence-corrected chi connectivity index (χ3v) is 4.35. The molecule has 0 spiro atoms. The second kappa shape index (κ2) is 5.74. The Hall–Kier alpha value is -1.35. The number of carbonyl (C=O) groups excluding carboxylic acids is 1. The minimum atomic E-state index is -0.278. The number of hydrogen-bond acceptors (Lipinski definition) is 2. The molecule has 3 nitrogen and oxygen atoms in total. The molecule has 0 aromatic heterocycles. The number of carbonyl (C=O) groups is 1. The van der Waals surface area contributed by atoms with Crippen molar-refractivity contribution in [3.63, 3.8) is 0 Å². The molecule has 1 aliphatic carbocycles. The summed E-state index contributed by atoms with van der Waals surface area (Å²) in [6.45, 7) is 4.64. The number of hydrogen-bond donors (Lipinski definition) is 2. The maximum atomic E-state index is 12.3. The van der Waals surface area contributed by atoms with Crippen molar-refractivity contribution in [2.45, 2.75) is 45.6 Å². The minimum Gasteiger partial charge on any atom is -0.353 e. The molecule has 1 atom stereocenters. The number of aryl methyl sites for hydroxylation is 1. The lowest BCUT2D eigenvalue weighted by atomic mass is 9.68. The molecular weight excluding hydrogens is 236 g/mol. The second-order valence-electron chi connectivity index (χ2n) is 5.84. The fraction of sp³-hybridized carbons (Fsp3) is 0.562. The van der Waals surface area contributed by atoms with E-state index in [0.29, 0.717) is 6.54 Å². The highest BCUT2D eigenvalue weighted by atomic mass is 16.2. The molecule has 19 heavy (non-hydrogen) atoms. The summed E-state index contributed by atoms with van der Waals surface area (Å²) in [6, 6.07) is 8.47. The molecule has 3 heteroatoms. The fourth-order valence-corrected chi connectivity index (χ4v) is 2.72. The molecule has 0 saturated heterocycles. The third-order valence-electron chi connectivity index (χ3n) is 4.35. The average Bonchev–Trinajstić information content (AvgIpc) is 2.31. The van der Waals surface area contributed by atoms with Crippen molar-refractivity contribution >= 4 is 5.91 Å². The normalized spacial score (nSPS) is 18.5. The van der Waals surface area contributed by atoms with Gasteiger partial charge in [-0.1, -0.05) is 30.7 Å². The van der Waals surface area contributed by atoms with E-state index in [4.69, 9.17) is 5.73 Å². The zero-order valence-electron chi connectivity index (χ0n) is 11.9. The quantitative estimate of drug-likeness (QED) is 0.852. The van der Waals surface area contributed by atoms with Crippen LogP contribution in [0, 0.1) is 12.3 Å². The molecule has 0 heterocycles. The zero-order valence-corrected chi connectivity index (χ0v) is 11.9. The summed E-state index contributed by atoms with van der Waals surface area (Å²) in [5.41, 5.74) is 8.06. The Morgan fingerprint density at radius 3 is 2.63 bits per heavy atom. The molecule has 1 aliphatic rings. The van der Waals surface area contributed by atoms with Gasteiger partial charge in [-0.15, -0.1) is 0 Å². The Kier molecular flexibility index (Phi) is 4.25. The fourth-order valence-electron chi connectivity index (χ4n) is 2.72. The molecule has 1 aromatic rings. The van der Waals surface area contributed by atoms with Gasteiger partial charge in [0, 0.05) is 12.6 Å². The Morgan fingerprint density at radius 1 is 1.42 bits per heavy atom. The first-order valence-corrected chi connectivity index (χ1v) is 7.13. The number of amides is 1. The van der Waals surface area contributed by atoms with Gasteiger partial charge in [0.25, 0.3) is 0 Å². The molecule has 1 amide bonds. The molecule has 1 unspecified atom stereocenters. The smallest absolute Gasteiger partial charge is 0.227 e. The van der Waals surface area contributed by atoms with E-state index >= 15 is 0 Å². The highest BCUT2D eigenvalue weighted by Gasteiger charge is 2.42. The number of rotatable bonds is 5. The van der Waals surface area contributed by atoms with E-state index in [2.05, 4.69) is 31.3 Å². The van der Waals surface area contributed by atoms with Crippen LogP contribution in [0.2, 0.25) is 0 Å². The van der Waals surface area contributed by atoms with Crippen molar-refractivity contribution in [3.8, 4) is 0 Å². The van der Waals surface area contributed by atoms with Crippen LogP contribution >= 0.6 is 0 Å². The molecule has 0 radical (unpaired) electrons. The van der Waals surface area contributed by atoms with Gasteiger partial charge in [-0.05, 0) is 44.2 Å². The monoisotopic (exact) mass is 260 g/mol. The van der Waals surface area contributed by atoms with E-state index in [1.165, 1.54) is 11.1 Å². The first-order valence-electron chi connectivity index (χ1n) is 7.13. The molecule has 2 rings (SSSR count). The van der Waals surface area contributed by atoms with Gasteiger partial charge in [0.2, 0.25) is 5.91 Å². The Balaban J connectivity index is 1.93. The van der Waals surface area contributed by atoms with Gasteiger partial charge in [0.05, 0.1) is 5.41 Å². The summed E-state index contributed by atoms with van der Waals surface area (Å²) in [6.07, 6.45) is 3.87. The summed E-state index contributed by atoms with van der Waals surface area (Å²) in [7, 11) is 0. The molecule has 1 fully saturated rings. The SMILES string of the molecule is Cc1ccccc1CC(C)NC(=O)C1(CN)CCC1. The predicted octanol–water partition coefficient (Wildman–Crippen LogP) is 2.17. The van der Waals surface area contributed by atoms with E-state index in [1.807, 2.05) is 12.1 Å². The minimum absolute atomic E-state index is 0.141. The Labute approximate surface area is 115 Å². The maximum absolute atomic E-state index is 12.3. The van der Waals surface area contributed by atoms with Crippen molar-refractivity contribution in [2.75, 3.05) is 6.54 Å². The van der Waals surface area contributed by atoms with Crippen LogP contribution in [0.3, 0.4) is 0 Å². The lowest BCUT2D eigenvalue weighted by Gasteiger charge is -2.39. The lowest BCUT2D eigenvalue weighted by Crippen LogP contribution is -2.52. The van der Waals surface area contributed by atoms with Crippen LogP contribution in [-0.2, 0) is 11.2 Å². The number of benzene rings is 1. The summed E-state index contributed by atoms with van der Waals surface area (Å²) in [5.74, 6) is 0.141. The summed E-state index contributed by atoms with van der Waals surface area (Å²) in [5, 5.41) is 3.13. The van der Waals surface area contributed by atoms with Crippen LogP contribution in [-0.4, -0.2) is 18.5 Å². The van der Waals surface area contributed by atoms with E-state index < -0.39 is 0 Å². The van der Waals surface area contributed by atoms with Gasteiger partial charge in [-0.3, -0.25) is 4.79 Å². The molecule has 0 aliphatic heterocycles. The van der Waals surface area contributed by atoms with Crippen LogP contribution < -0.4 is 11.1 Å². The van der Waals surface area contributed by atoms with Crippen molar-refractivity contribution in [1.29, 1.82) is 0 Å². The topological polar surface area (TPSA) is 55.1 Å². The van der Waals surface area contributed by atoms with Crippen LogP contribution in [0.1, 0.15) is 37.3 Å². The highest BCUT2D eigenvalue weighted by molar-refractivity contribution is 5.84. The van der Waals surface area contributed by atoms with Crippen LogP contribution in [0.15, 0.2) is 24.3 Å². The van der Waals surface area contributed by atoms with E-state index in [9.17, 15) is 4.79 Å². The molecule has 104 valence electrons. The van der Waals surface area contributed by atoms with Gasteiger partial charge in [-0.2, -0.15) is 0 Å². The second-order valence-corrected chi connectivity index (χ2v) is 5.84. The van der Waals surface area contributed by atoms with Gasteiger partial charge in [-0.25, -0.2) is 0 Å². The summed E-state index contributed by atoms with van der Waals surface area (Å²) in [4.78, 5) is 12.3. The molecule has 1 aromatic carbocycles. The largest absolute Gasteiger partial charge is 0.353 e. The van der Waals surface area contributed by atoms with Crippen molar-refractivity contribution in [2.24, 2.45) is 11.1 Å². The zero-order chi connectivity index (χ0) is 13.9.